The molecule has 0 N–H and O–H groups in total. The van der Waals surface area contributed by atoms with E-state index >= 15 is 0 Å². The summed E-state index contributed by atoms with van der Waals surface area (Å²) in [6.07, 6.45) is 0. The second-order valence-electron chi connectivity index (χ2n) is 6.58. The molecular weight excluding hydrogens is 418 g/mol. The number of hydrogen-bond donors (Lipinski definition) is 0. The lowest BCUT2D eigenvalue weighted by atomic mass is 10.1. The standard InChI is InChI=1S/C19H20ClN3O5S/c1-21(11-17(24)14-9-12(20)5-8-18(14)28-4)29(26,27)13-6-7-15-16(10-13)23(3)19(25)22(15)2/h5-10H,11H2,1-4H3. The summed E-state index contributed by atoms with van der Waals surface area (Å²) in [5, 5.41) is 0.343. The Labute approximate surface area is 172 Å². The maximum atomic E-state index is 13.0. The Hall–Kier alpha value is -2.62. The normalized spacial score (nSPS) is 11.9. The molecular formula is C19H20ClN3O5S. The molecule has 0 fully saturated rings. The van der Waals surface area contributed by atoms with Gasteiger partial charge in [0.1, 0.15) is 5.75 Å². The third-order valence-electron chi connectivity index (χ3n) is 4.78. The van der Waals surface area contributed by atoms with Crippen LogP contribution in [0.4, 0.5) is 0 Å². The number of aryl methyl sites for hydroxylation is 2. The van der Waals surface area contributed by atoms with Crippen molar-refractivity contribution in [3.63, 3.8) is 0 Å². The molecule has 0 amide bonds. The fourth-order valence-corrected chi connectivity index (χ4v) is 4.42. The Kier molecular flexibility index (Phi) is 5.57. The lowest BCUT2D eigenvalue weighted by molar-refractivity contribution is 0.0970. The van der Waals surface area contributed by atoms with Gasteiger partial charge in [-0.15, -0.1) is 0 Å². The lowest BCUT2D eigenvalue weighted by Crippen LogP contribution is -2.32. The van der Waals surface area contributed by atoms with E-state index in [4.69, 9.17) is 16.3 Å². The van der Waals surface area contributed by atoms with Gasteiger partial charge >= 0.3 is 5.69 Å². The monoisotopic (exact) mass is 437 g/mol. The molecule has 3 aromatic rings. The highest BCUT2D eigenvalue weighted by Gasteiger charge is 2.26. The van der Waals surface area contributed by atoms with Gasteiger partial charge in [0, 0.05) is 26.2 Å². The molecule has 0 spiro atoms. The number of carbonyl (C=O) groups excluding carboxylic acids is 1. The van der Waals surface area contributed by atoms with E-state index in [-0.39, 0.29) is 16.1 Å². The minimum absolute atomic E-state index is 0.0143. The number of hydrogen-bond acceptors (Lipinski definition) is 5. The molecule has 154 valence electrons. The third kappa shape index (κ3) is 3.68. The number of sulfonamides is 1. The van der Waals surface area contributed by atoms with Crippen LogP contribution in [0.2, 0.25) is 5.02 Å². The highest BCUT2D eigenvalue weighted by Crippen LogP contribution is 2.25. The highest BCUT2D eigenvalue weighted by molar-refractivity contribution is 7.89. The van der Waals surface area contributed by atoms with E-state index < -0.39 is 22.4 Å². The first-order chi connectivity index (χ1) is 13.6. The van der Waals surface area contributed by atoms with E-state index in [0.29, 0.717) is 21.8 Å². The summed E-state index contributed by atoms with van der Waals surface area (Å²) in [5.74, 6) is -0.144. The van der Waals surface area contributed by atoms with Crippen molar-refractivity contribution in [2.24, 2.45) is 14.1 Å². The number of aromatic nitrogens is 2. The van der Waals surface area contributed by atoms with Crippen LogP contribution in [-0.4, -0.2) is 48.3 Å². The molecule has 0 aliphatic rings. The van der Waals surface area contributed by atoms with Crippen molar-refractivity contribution in [3.8, 4) is 5.75 Å². The molecule has 0 saturated carbocycles. The Bertz CT molecular complexity index is 1280. The maximum absolute atomic E-state index is 13.0. The topological polar surface area (TPSA) is 90.6 Å². The van der Waals surface area contributed by atoms with Crippen molar-refractivity contribution in [1.82, 2.24) is 13.4 Å². The summed E-state index contributed by atoms with van der Waals surface area (Å²) in [6, 6.07) is 8.98. The molecule has 3 rings (SSSR count). The van der Waals surface area contributed by atoms with Crippen LogP contribution in [0.5, 0.6) is 5.75 Å². The van der Waals surface area contributed by atoms with Gasteiger partial charge in [-0.2, -0.15) is 4.31 Å². The van der Waals surface area contributed by atoms with Crippen LogP contribution in [0, 0.1) is 0 Å². The average Bonchev–Trinajstić information content (AvgIpc) is 2.91. The third-order valence-corrected chi connectivity index (χ3v) is 6.81. The molecule has 10 heteroatoms. The molecule has 0 saturated heterocycles. The molecule has 0 atom stereocenters. The first-order valence-corrected chi connectivity index (χ1v) is 10.4. The molecule has 1 aromatic heterocycles. The van der Waals surface area contributed by atoms with Crippen molar-refractivity contribution >= 4 is 38.4 Å². The molecule has 1 heterocycles. The second-order valence-corrected chi connectivity index (χ2v) is 9.06. The van der Waals surface area contributed by atoms with Gasteiger partial charge in [-0.3, -0.25) is 13.9 Å². The molecule has 0 aliphatic carbocycles. The quantitative estimate of drug-likeness (QED) is 0.550. The molecule has 2 aromatic carbocycles. The number of carbonyl (C=O) groups is 1. The van der Waals surface area contributed by atoms with Gasteiger partial charge in [0.05, 0.1) is 35.1 Å². The van der Waals surface area contributed by atoms with E-state index in [1.54, 1.807) is 32.3 Å². The van der Waals surface area contributed by atoms with Crippen LogP contribution in [0.1, 0.15) is 10.4 Å². The SMILES string of the molecule is COc1ccc(Cl)cc1C(=O)CN(C)S(=O)(=O)c1ccc2c(c1)n(C)c(=O)n2C. The van der Waals surface area contributed by atoms with Crippen LogP contribution in [0.15, 0.2) is 46.1 Å². The summed E-state index contributed by atoms with van der Waals surface area (Å²) in [5.41, 5.74) is 1.03. The number of halogens is 1. The number of likely N-dealkylation sites (N-methyl/N-ethyl adjacent to an activating group) is 1. The fourth-order valence-electron chi connectivity index (χ4n) is 3.10. The fraction of sp³-hybridized carbons (Fsp3) is 0.263. The number of nitrogens with zero attached hydrogens (tertiary/aromatic N) is 3. The lowest BCUT2D eigenvalue weighted by Gasteiger charge is -2.17. The van der Waals surface area contributed by atoms with Crippen LogP contribution in [0.25, 0.3) is 11.0 Å². The van der Waals surface area contributed by atoms with Crippen molar-refractivity contribution in [2.75, 3.05) is 20.7 Å². The molecule has 8 nitrogen and oxygen atoms in total. The molecule has 0 bridgehead atoms. The summed E-state index contributed by atoms with van der Waals surface area (Å²) in [4.78, 5) is 24.7. The smallest absolute Gasteiger partial charge is 0.328 e. The molecule has 29 heavy (non-hydrogen) atoms. The van der Waals surface area contributed by atoms with Gasteiger partial charge in [-0.25, -0.2) is 13.2 Å². The van der Waals surface area contributed by atoms with Gasteiger partial charge in [0.15, 0.2) is 5.78 Å². The predicted molar refractivity (Wildman–Crippen MR) is 110 cm³/mol. The van der Waals surface area contributed by atoms with Crippen LogP contribution in [-0.2, 0) is 24.1 Å². The summed E-state index contributed by atoms with van der Waals surface area (Å²) in [6.45, 7) is -0.398. The zero-order valence-electron chi connectivity index (χ0n) is 16.3. The van der Waals surface area contributed by atoms with Gasteiger partial charge in [0.2, 0.25) is 10.0 Å². The van der Waals surface area contributed by atoms with Gasteiger partial charge < -0.3 is 4.74 Å². The van der Waals surface area contributed by atoms with Crippen molar-refractivity contribution < 1.29 is 17.9 Å². The van der Waals surface area contributed by atoms with Crippen molar-refractivity contribution in [2.45, 2.75) is 4.90 Å². The minimum atomic E-state index is -3.97. The molecule has 0 aliphatic heterocycles. The first-order valence-electron chi connectivity index (χ1n) is 8.56. The summed E-state index contributed by atoms with van der Waals surface area (Å²) >= 11 is 5.96. The zero-order chi connectivity index (χ0) is 21.5. The second kappa shape index (κ2) is 7.66. The van der Waals surface area contributed by atoms with Gasteiger partial charge in [-0.05, 0) is 36.4 Å². The number of benzene rings is 2. The minimum Gasteiger partial charge on any atom is -0.496 e. The predicted octanol–water partition coefficient (Wildman–Crippen LogP) is 2.04. The van der Waals surface area contributed by atoms with E-state index in [9.17, 15) is 18.0 Å². The highest BCUT2D eigenvalue weighted by atomic mass is 35.5. The Morgan fingerprint density at radius 2 is 1.76 bits per heavy atom. The van der Waals surface area contributed by atoms with Gasteiger partial charge in [-0.1, -0.05) is 11.6 Å². The number of Topliss-reactive ketones (excluding diaryl/α,β-unsaturated/α-hetero) is 1. The van der Waals surface area contributed by atoms with Gasteiger partial charge in [0.25, 0.3) is 0 Å². The van der Waals surface area contributed by atoms with Crippen LogP contribution < -0.4 is 10.4 Å². The van der Waals surface area contributed by atoms with Crippen molar-refractivity contribution in [3.05, 3.63) is 57.5 Å². The van der Waals surface area contributed by atoms with E-state index in [1.165, 1.54) is 41.5 Å². The number of imidazole rings is 1. The number of ketones is 1. The summed E-state index contributed by atoms with van der Waals surface area (Å²) in [7, 11) is 1.95. The Morgan fingerprint density at radius 3 is 2.41 bits per heavy atom. The maximum Gasteiger partial charge on any atom is 0.328 e. The van der Waals surface area contributed by atoms with Crippen LogP contribution >= 0.6 is 11.6 Å². The average molecular weight is 438 g/mol. The zero-order valence-corrected chi connectivity index (χ0v) is 17.9. The Morgan fingerprint density at radius 1 is 1.10 bits per heavy atom. The molecule has 0 unspecified atom stereocenters. The van der Waals surface area contributed by atoms with E-state index in [2.05, 4.69) is 0 Å². The Balaban J connectivity index is 1.95. The van der Waals surface area contributed by atoms with E-state index in [1.807, 2.05) is 0 Å². The largest absolute Gasteiger partial charge is 0.496 e. The molecule has 0 radical (unpaired) electrons. The van der Waals surface area contributed by atoms with Crippen LogP contribution in [0.3, 0.4) is 0 Å². The summed E-state index contributed by atoms with van der Waals surface area (Å²) < 4.78 is 34.9. The number of methoxy groups -OCH3 is 1. The number of fused-ring (bicyclic) bond motifs is 1. The first kappa shape index (κ1) is 21.1. The van der Waals surface area contributed by atoms with Crippen molar-refractivity contribution in [1.29, 1.82) is 0 Å². The van der Waals surface area contributed by atoms with E-state index in [0.717, 1.165) is 4.31 Å². The number of rotatable bonds is 6. The number of ether oxygens (including phenoxy) is 1.